The Kier molecular flexibility index (Phi) is 2.11. The van der Waals surface area contributed by atoms with Crippen LogP contribution in [-0.4, -0.2) is 19.6 Å². The Morgan fingerprint density at radius 1 is 1.35 bits per heavy atom. The molecule has 0 unspecified atom stereocenters. The van der Waals surface area contributed by atoms with E-state index in [2.05, 4.69) is 20.5 Å². The van der Waals surface area contributed by atoms with Gasteiger partial charge in [0.2, 0.25) is 0 Å². The number of aryl methyl sites for hydroxylation is 2. The normalized spacial score (nSPS) is 10.9. The Labute approximate surface area is 98.5 Å². The first kappa shape index (κ1) is 9.89. The average Bonchev–Trinajstić information content (AvgIpc) is 2.87. The number of hydrogen-bond acceptors (Lipinski definition) is 3. The van der Waals surface area contributed by atoms with Crippen LogP contribution in [0, 0.1) is 13.8 Å². The van der Waals surface area contributed by atoms with Crippen molar-refractivity contribution < 1.29 is 0 Å². The van der Waals surface area contributed by atoms with Gasteiger partial charge in [0.15, 0.2) is 11.6 Å². The summed E-state index contributed by atoms with van der Waals surface area (Å²) in [4.78, 5) is 4.49. The molecule has 5 heteroatoms. The molecule has 3 rings (SSSR count). The second kappa shape index (κ2) is 3.62. The molecule has 0 bridgehead atoms. The molecule has 0 atom stereocenters. The lowest BCUT2D eigenvalue weighted by molar-refractivity contribution is 1.04. The first-order valence-electron chi connectivity index (χ1n) is 5.46. The number of H-pyrrole nitrogens is 1. The third-order valence-corrected chi connectivity index (χ3v) is 2.59. The van der Waals surface area contributed by atoms with E-state index < -0.39 is 0 Å². The summed E-state index contributed by atoms with van der Waals surface area (Å²) in [5, 5.41) is 10.3. The summed E-state index contributed by atoms with van der Waals surface area (Å²) in [6.07, 6.45) is 4.00. The van der Waals surface area contributed by atoms with Gasteiger partial charge in [-0.25, -0.2) is 4.98 Å². The van der Waals surface area contributed by atoms with Gasteiger partial charge in [-0.1, -0.05) is 0 Å². The van der Waals surface area contributed by atoms with Crippen molar-refractivity contribution in [1.29, 1.82) is 0 Å². The minimum Gasteiger partial charge on any atom is -0.322 e. The fraction of sp³-hybridized carbons (Fsp3) is 0.167. The SMILES string of the molecule is Cc1cn2cccc2c(Nc2cc(C)[nH]n2)n1. The minimum atomic E-state index is 0.781. The molecule has 0 aliphatic heterocycles. The van der Waals surface area contributed by atoms with E-state index >= 15 is 0 Å². The van der Waals surface area contributed by atoms with Crippen LogP contribution in [0.15, 0.2) is 30.6 Å². The van der Waals surface area contributed by atoms with Crippen molar-refractivity contribution in [2.45, 2.75) is 13.8 Å². The summed E-state index contributed by atoms with van der Waals surface area (Å²) in [7, 11) is 0. The number of aromatic nitrogens is 4. The van der Waals surface area contributed by atoms with Gasteiger partial charge in [0.25, 0.3) is 0 Å². The molecule has 0 saturated carbocycles. The third kappa shape index (κ3) is 1.75. The van der Waals surface area contributed by atoms with Crippen molar-refractivity contribution >= 4 is 17.2 Å². The van der Waals surface area contributed by atoms with E-state index in [1.807, 2.05) is 48.8 Å². The first-order valence-corrected chi connectivity index (χ1v) is 5.46. The number of fused-ring (bicyclic) bond motifs is 1. The highest BCUT2D eigenvalue weighted by atomic mass is 15.2. The van der Waals surface area contributed by atoms with E-state index in [-0.39, 0.29) is 0 Å². The third-order valence-electron chi connectivity index (χ3n) is 2.59. The standard InChI is InChI=1S/C12H13N5/c1-8-6-11(16-15-8)14-12-10-4-3-5-17(10)7-9(2)13-12/h3-7H,1-2H3,(H2,13,14,15,16). The van der Waals surface area contributed by atoms with E-state index in [1.54, 1.807) is 0 Å². The van der Waals surface area contributed by atoms with Gasteiger partial charge < -0.3 is 9.72 Å². The van der Waals surface area contributed by atoms with Crippen LogP contribution in [0.4, 0.5) is 11.6 Å². The van der Waals surface area contributed by atoms with Crippen LogP contribution in [-0.2, 0) is 0 Å². The van der Waals surface area contributed by atoms with Crippen LogP contribution in [0.25, 0.3) is 5.52 Å². The second-order valence-corrected chi connectivity index (χ2v) is 4.09. The van der Waals surface area contributed by atoms with E-state index in [4.69, 9.17) is 0 Å². The number of nitrogens with one attached hydrogen (secondary N) is 2. The molecule has 3 aromatic heterocycles. The fourth-order valence-electron chi connectivity index (χ4n) is 1.87. The number of rotatable bonds is 2. The number of aromatic amines is 1. The summed E-state index contributed by atoms with van der Waals surface area (Å²) < 4.78 is 2.05. The number of nitrogens with zero attached hydrogens (tertiary/aromatic N) is 3. The molecule has 3 heterocycles. The molecule has 86 valence electrons. The van der Waals surface area contributed by atoms with Crippen LogP contribution in [0.3, 0.4) is 0 Å². The van der Waals surface area contributed by atoms with Gasteiger partial charge in [-0.15, -0.1) is 0 Å². The molecule has 0 aliphatic carbocycles. The molecule has 0 spiro atoms. The highest BCUT2D eigenvalue weighted by Crippen LogP contribution is 2.19. The summed E-state index contributed by atoms with van der Waals surface area (Å²) in [5.74, 6) is 1.60. The van der Waals surface area contributed by atoms with E-state index in [9.17, 15) is 0 Å². The van der Waals surface area contributed by atoms with Gasteiger partial charge in [0.05, 0.1) is 11.2 Å². The summed E-state index contributed by atoms with van der Waals surface area (Å²) >= 11 is 0. The number of hydrogen-bond donors (Lipinski definition) is 2. The van der Waals surface area contributed by atoms with Crippen LogP contribution in [0.5, 0.6) is 0 Å². The van der Waals surface area contributed by atoms with Crippen molar-refractivity contribution in [3.05, 3.63) is 42.0 Å². The Morgan fingerprint density at radius 3 is 3.00 bits per heavy atom. The Balaban J connectivity index is 2.07. The smallest absolute Gasteiger partial charge is 0.156 e. The predicted molar refractivity (Wildman–Crippen MR) is 66.5 cm³/mol. The molecule has 5 nitrogen and oxygen atoms in total. The molecular formula is C12H13N5. The molecule has 0 amide bonds. The topological polar surface area (TPSA) is 58.0 Å². The average molecular weight is 227 g/mol. The van der Waals surface area contributed by atoms with Crippen LogP contribution in [0.1, 0.15) is 11.4 Å². The monoisotopic (exact) mass is 227 g/mol. The van der Waals surface area contributed by atoms with Crippen LogP contribution in [0.2, 0.25) is 0 Å². The van der Waals surface area contributed by atoms with Gasteiger partial charge in [-0.05, 0) is 26.0 Å². The molecule has 0 fully saturated rings. The van der Waals surface area contributed by atoms with Crippen molar-refractivity contribution in [3.63, 3.8) is 0 Å². The maximum Gasteiger partial charge on any atom is 0.156 e. The van der Waals surface area contributed by atoms with Gasteiger partial charge in [-0.2, -0.15) is 5.10 Å². The zero-order valence-corrected chi connectivity index (χ0v) is 9.73. The molecule has 0 aromatic carbocycles. The summed E-state index contributed by atoms with van der Waals surface area (Å²) in [5.41, 5.74) is 3.02. The number of anilines is 2. The second-order valence-electron chi connectivity index (χ2n) is 4.09. The Hall–Kier alpha value is -2.30. The lowest BCUT2D eigenvalue weighted by Crippen LogP contribution is -1.99. The molecule has 3 aromatic rings. The van der Waals surface area contributed by atoms with Crippen molar-refractivity contribution in [2.24, 2.45) is 0 Å². The molecular weight excluding hydrogens is 214 g/mol. The lowest BCUT2D eigenvalue weighted by Gasteiger charge is -2.06. The Morgan fingerprint density at radius 2 is 2.24 bits per heavy atom. The van der Waals surface area contributed by atoms with Gasteiger partial charge >= 0.3 is 0 Å². The zero-order chi connectivity index (χ0) is 11.8. The summed E-state index contributed by atoms with van der Waals surface area (Å²) in [6.45, 7) is 3.94. The Bertz CT molecular complexity index is 664. The molecule has 17 heavy (non-hydrogen) atoms. The fourth-order valence-corrected chi connectivity index (χ4v) is 1.87. The molecule has 0 aliphatic rings. The van der Waals surface area contributed by atoms with Crippen molar-refractivity contribution in [3.8, 4) is 0 Å². The predicted octanol–water partition coefficient (Wildman–Crippen LogP) is 2.42. The maximum atomic E-state index is 4.49. The van der Waals surface area contributed by atoms with E-state index in [0.717, 1.165) is 28.5 Å². The molecule has 2 N–H and O–H groups in total. The lowest BCUT2D eigenvalue weighted by atomic mass is 10.4. The van der Waals surface area contributed by atoms with Crippen LogP contribution >= 0.6 is 0 Å². The van der Waals surface area contributed by atoms with Crippen LogP contribution < -0.4 is 5.32 Å². The molecule has 0 saturated heterocycles. The first-order chi connectivity index (χ1) is 8.22. The van der Waals surface area contributed by atoms with Crippen molar-refractivity contribution in [1.82, 2.24) is 19.6 Å². The highest BCUT2D eigenvalue weighted by molar-refractivity contribution is 5.72. The minimum absolute atomic E-state index is 0.781. The molecule has 0 radical (unpaired) electrons. The van der Waals surface area contributed by atoms with Gasteiger partial charge in [-0.3, -0.25) is 5.10 Å². The zero-order valence-electron chi connectivity index (χ0n) is 9.73. The maximum absolute atomic E-state index is 4.49. The largest absolute Gasteiger partial charge is 0.322 e. The van der Waals surface area contributed by atoms with E-state index in [1.165, 1.54) is 0 Å². The van der Waals surface area contributed by atoms with Gasteiger partial charge in [0, 0.05) is 24.2 Å². The van der Waals surface area contributed by atoms with Crippen molar-refractivity contribution in [2.75, 3.05) is 5.32 Å². The summed E-state index contributed by atoms with van der Waals surface area (Å²) in [6, 6.07) is 5.97. The highest BCUT2D eigenvalue weighted by Gasteiger charge is 2.06. The quantitative estimate of drug-likeness (QED) is 0.706. The van der Waals surface area contributed by atoms with E-state index in [0.29, 0.717) is 0 Å². The van der Waals surface area contributed by atoms with Gasteiger partial charge in [0.1, 0.15) is 0 Å².